The van der Waals surface area contributed by atoms with Crippen LogP contribution >= 0.6 is 35.6 Å². The Kier molecular flexibility index (Phi) is 6.76. The summed E-state index contributed by atoms with van der Waals surface area (Å²) in [6.45, 7) is 2.92. The second-order valence-corrected chi connectivity index (χ2v) is 9.29. The Bertz CT molecular complexity index is 1140. The molecule has 1 amide bonds. The number of thioether (sulfide) groups is 1. The van der Waals surface area contributed by atoms with Gasteiger partial charge in [-0.15, -0.1) is 0 Å². The van der Waals surface area contributed by atoms with Gasteiger partial charge in [-0.3, -0.25) is 9.69 Å². The number of benzene rings is 3. The van der Waals surface area contributed by atoms with Crippen molar-refractivity contribution in [1.82, 2.24) is 4.90 Å². The lowest BCUT2D eigenvalue weighted by Crippen LogP contribution is -2.27. The van der Waals surface area contributed by atoms with Crippen molar-refractivity contribution >= 4 is 51.9 Å². The fraction of sp³-hybridized carbons (Fsp3) is 0.120. The molecule has 0 spiro atoms. The molecule has 0 atom stereocenters. The Morgan fingerprint density at radius 1 is 1.03 bits per heavy atom. The smallest absolute Gasteiger partial charge is 0.266 e. The topological polar surface area (TPSA) is 29.5 Å². The number of rotatable bonds is 6. The van der Waals surface area contributed by atoms with E-state index in [-0.39, 0.29) is 5.91 Å². The molecule has 6 heteroatoms. The van der Waals surface area contributed by atoms with Gasteiger partial charge in [-0.2, -0.15) is 0 Å². The predicted octanol–water partition coefficient (Wildman–Crippen LogP) is 6.63. The van der Waals surface area contributed by atoms with Crippen LogP contribution in [0.15, 0.2) is 77.7 Å². The highest BCUT2D eigenvalue weighted by Crippen LogP contribution is 2.34. The third-order valence-corrected chi connectivity index (χ3v) is 6.61. The van der Waals surface area contributed by atoms with Gasteiger partial charge in [-0.05, 0) is 42.3 Å². The van der Waals surface area contributed by atoms with E-state index in [2.05, 4.69) is 0 Å². The van der Waals surface area contributed by atoms with Crippen LogP contribution in [-0.4, -0.2) is 15.1 Å². The molecule has 1 aliphatic rings. The monoisotopic (exact) mass is 465 g/mol. The molecule has 4 rings (SSSR count). The summed E-state index contributed by atoms with van der Waals surface area (Å²) in [5.74, 6) is 0.679. The van der Waals surface area contributed by atoms with Gasteiger partial charge in [0.05, 0.1) is 11.4 Å². The summed E-state index contributed by atoms with van der Waals surface area (Å²) >= 11 is 12.9. The highest BCUT2D eigenvalue weighted by atomic mass is 35.5. The van der Waals surface area contributed by atoms with Crippen molar-refractivity contribution in [2.45, 2.75) is 20.1 Å². The van der Waals surface area contributed by atoms with Gasteiger partial charge in [-0.25, -0.2) is 0 Å². The van der Waals surface area contributed by atoms with Crippen molar-refractivity contribution in [2.75, 3.05) is 0 Å². The molecule has 3 aromatic carbocycles. The zero-order chi connectivity index (χ0) is 21.8. The van der Waals surface area contributed by atoms with Crippen molar-refractivity contribution in [1.29, 1.82) is 0 Å². The zero-order valence-corrected chi connectivity index (χ0v) is 19.3. The summed E-state index contributed by atoms with van der Waals surface area (Å²) in [6.07, 6.45) is 1.87. The quantitative estimate of drug-likeness (QED) is 0.302. The molecule has 31 heavy (non-hydrogen) atoms. The Balaban J connectivity index is 1.41. The molecule has 0 aliphatic carbocycles. The van der Waals surface area contributed by atoms with Crippen LogP contribution in [0.4, 0.5) is 0 Å². The molecule has 1 fully saturated rings. The number of thiocarbonyl (C=S) groups is 1. The summed E-state index contributed by atoms with van der Waals surface area (Å²) in [5, 5.41) is 0.687. The van der Waals surface area contributed by atoms with Crippen LogP contribution in [0.1, 0.15) is 22.3 Å². The maximum atomic E-state index is 12.9. The minimum Gasteiger partial charge on any atom is -0.489 e. The molecular formula is C25H20ClNO2S2. The van der Waals surface area contributed by atoms with Crippen LogP contribution in [0.5, 0.6) is 5.75 Å². The minimum atomic E-state index is -0.0605. The van der Waals surface area contributed by atoms with Gasteiger partial charge in [-0.1, -0.05) is 95.7 Å². The number of ether oxygens (including phenoxy) is 1. The first-order chi connectivity index (χ1) is 15.0. The van der Waals surface area contributed by atoms with E-state index in [4.69, 9.17) is 28.6 Å². The molecule has 1 saturated heterocycles. The first-order valence-electron chi connectivity index (χ1n) is 9.77. The van der Waals surface area contributed by atoms with E-state index < -0.39 is 0 Å². The molecule has 1 aliphatic heterocycles. The molecule has 0 saturated carbocycles. The van der Waals surface area contributed by atoms with Gasteiger partial charge in [0.25, 0.3) is 5.91 Å². The van der Waals surface area contributed by atoms with Crippen LogP contribution in [-0.2, 0) is 17.9 Å². The van der Waals surface area contributed by atoms with Crippen LogP contribution in [0.25, 0.3) is 6.08 Å². The molecule has 0 aromatic heterocycles. The highest BCUT2D eigenvalue weighted by molar-refractivity contribution is 8.26. The lowest BCUT2D eigenvalue weighted by atomic mass is 10.1. The number of aryl methyl sites for hydroxylation is 1. The normalized spacial score (nSPS) is 15.0. The Morgan fingerprint density at radius 3 is 2.45 bits per heavy atom. The van der Waals surface area contributed by atoms with Crippen molar-refractivity contribution in [3.8, 4) is 5.75 Å². The van der Waals surface area contributed by atoms with Gasteiger partial charge >= 0.3 is 0 Å². The number of carbonyl (C=O) groups is 1. The molecule has 156 valence electrons. The van der Waals surface area contributed by atoms with Crippen LogP contribution < -0.4 is 4.74 Å². The molecular weight excluding hydrogens is 446 g/mol. The minimum absolute atomic E-state index is 0.0605. The Hall–Kier alpha value is -2.60. The van der Waals surface area contributed by atoms with Crippen LogP contribution in [0.3, 0.4) is 0 Å². The molecule has 3 nitrogen and oxygen atoms in total. The van der Waals surface area contributed by atoms with Crippen LogP contribution in [0.2, 0.25) is 5.02 Å². The fourth-order valence-corrected chi connectivity index (χ4v) is 4.55. The average molecular weight is 466 g/mol. The van der Waals surface area contributed by atoms with E-state index in [0.29, 0.717) is 27.4 Å². The van der Waals surface area contributed by atoms with Crippen LogP contribution in [0, 0.1) is 6.92 Å². The summed E-state index contributed by atoms with van der Waals surface area (Å²) in [7, 11) is 0. The molecule has 0 unspecified atom stereocenters. The predicted molar refractivity (Wildman–Crippen MR) is 132 cm³/mol. The molecule has 3 aromatic rings. The summed E-state index contributed by atoms with van der Waals surface area (Å²) in [5.41, 5.74) is 4.10. The SMILES string of the molecule is Cc1ccc(CN2C(=O)C(=Cc3ccc(OCc4ccccc4Cl)cc3)SC2=S)cc1. The van der Waals surface area contributed by atoms with Crippen molar-refractivity contribution in [2.24, 2.45) is 0 Å². The molecule has 0 N–H and O–H groups in total. The third-order valence-electron chi connectivity index (χ3n) is 4.86. The highest BCUT2D eigenvalue weighted by Gasteiger charge is 2.31. The second-order valence-electron chi connectivity index (χ2n) is 7.20. The van der Waals surface area contributed by atoms with Gasteiger partial charge in [0.15, 0.2) is 0 Å². The maximum Gasteiger partial charge on any atom is 0.266 e. The maximum absolute atomic E-state index is 12.9. The van der Waals surface area contributed by atoms with E-state index in [9.17, 15) is 4.79 Å². The lowest BCUT2D eigenvalue weighted by Gasteiger charge is -2.14. The Morgan fingerprint density at radius 2 is 1.74 bits per heavy atom. The number of amides is 1. The molecule has 0 radical (unpaired) electrons. The summed E-state index contributed by atoms with van der Waals surface area (Å²) in [4.78, 5) is 15.1. The van der Waals surface area contributed by atoms with E-state index in [1.54, 1.807) is 4.90 Å². The molecule has 1 heterocycles. The van der Waals surface area contributed by atoms with Gasteiger partial charge in [0.2, 0.25) is 0 Å². The van der Waals surface area contributed by atoms with Crippen molar-refractivity contribution in [3.63, 3.8) is 0 Å². The zero-order valence-electron chi connectivity index (χ0n) is 16.9. The first-order valence-corrected chi connectivity index (χ1v) is 11.4. The van der Waals surface area contributed by atoms with E-state index >= 15 is 0 Å². The van der Waals surface area contributed by atoms with Gasteiger partial charge in [0.1, 0.15) is 16.7 Å². The standard InChI is InChI=1S/C25H20ClNO2S2/c1-17-6-8-19(9-7-17)15-27-24(28)23(31-25(27)30)14-18-10-12-21(13-11-18)29-16-20-4-2-3-5-22(20)26/h2-14H,15-16H2,1H3. The summed E-state index contributed by atoms with van der Waals surface area (Å²) in [6, 6.07) is 23.4. The van der Waals surface area contributed by atoms with Gasteiger partial charge in [0, 0.05) is 10.6 Å². The number of carbonyl (C=O) groups excluding carboxylic acids is 1. The third kappa shape index (κ3) is 5.37. The molecule has 0 bridgehead atoms. The number of hydrogen-bond acceptors (Lipinski definition) is 4. The average Bonchev–Trinajstić information content (AvgIpc) is 3.03. The number of halogens is 1. The first kappa shape index (κ1) is 21.6. The van der Waals surface area contributed by atoms with Crippen molar-refractivity contribution < 1.29 is 9.53 Å². The van der Waals surface area contributed by atoms with E-state index in [1.807, 2.05) is 85.8 Å². The van der Waals surface area contributed by atoms with E-state index in [1.165, 1.54) is 17.3 Å². The van der Waals surface area contributed by atoms with Gasteiger partial charge < -0.3 is 4.74 Å². The Labute approximate surface area is 196 Å². The largest absolute Gasteiger partial charge is 0.489 e. The number of hydrogen-bond donors (Lipinski definition) is 0. The number of nitrogens with zero attached hydrogens (tertiary/aromatic N) is 1. The summed E-state index contributed by atoms with van der Waals surface area (Å²) < 4.78 is 6.40. The lowest BCUT2D eigenvalue weighted by molar-refractivity contribution is -0.122. The fourth-order valence-electron chi connectivity index (χ4n) is 3.10. The van der Waals surface area contributed by atoms with Crippen molar-refractivity contribution in [3.05, 3.63) is 105 Å². The van der Waals surface area contributed by atoms with E-state index in [0.717, 1.165) is 22.4 Å². The second kappa shape index (κ2) is 9.69.